The van der Waals surface area contributed by atoms with Crippen LogP contribution in [0.5, 0.6) is 0 Å². The number of carbonyl (C=O) groups is 4. The van der Waals surface area contributed by atoms with Crippen molar-refractivity contribution in [1.82, 2.24) is 9.80 Å². The van der Waals surface area contributed by atoms with Gasteiger partial charge in [-0.15, -0.1) is 0 Å². The van der Waals surface area contributed by atoms with Crippen LogP contribution in [0.1, 0.15) is 25.7 Å². The summed E-state index contributed by atoms with van der Waals surface area (Å²) < 4.78 is 0. The second-order valence-electron chi connectivity index (χ2n) is 5.32. The van der Waals surface area contributed by atoms with E-state index in [1.807, 2.05) is 0 Å². The van der Waals surface area contributed by atoms with Crippen LogP contribution in [0.25, 0.3) is 0 Å². The Hall–Kier alpha value is 4.35. The van der Waals surface area contributed by atoms with Gasteiger partial charge < -0.3 is 39.6 Å². The van der Waals surface area contributed by atoms with Gasteiger partial charge in [0.1, 0.15) is 0 Å². The minimum atomic E-state index is -1.38. The van der Waals surface area contributed by atoms with Crippen molar-refractivity contribution in [1.29, 1.82) is 0 Å². The molecule has 0 heterocycles. The van der Waals surface area contributed by atoms with Crippen molar-refractivity contribution in [2.45, 2.75) is 25.7 Å². The maximum Gasteiger partial charge on any atom is 1.00 e. The molecule has 138 valence electrons. The standard InChI is InChI=1S/C14H24N2O8.4K/c17-11(18)7-15(8-12(19)20)5-3-1-2-4-6-16(9-13(21)22)10-14(23)24;;;;/h1-10H2,(H,17,18)(H,19,20)(H,21,22)(H,23,24);;;;/q;4*+1/p-4. The Labute approximate surface area is 335 Å². The zero-order valence-electron chi connectivity index (χ0n) is 17.2. The molecule has 0 aliphatic heterocycles. The van der Waals surface area contributed by atoms with Gasteiger partial charge in [-0.2, -0.15) is 0 Å². The number of aliphatic carboxylic acids is 4. The molecule has 0 aliphatic rings. The van der Waals surface area contributed by atoms with Crippen LogP contribution in [-0.2, 0) is 19.2 Å². The molecule has 0 saturated carbocycles. The molecule has 0 aromatic heterocycles. The summed E-state index contributed by atoms with van der Waals surface area (Å²) in [5, 5.41) is 42.0. The topological polar surface area (TPSA) is 167 Å². The van der Waals surface area contributed by atoms with E-state index in [4.69, 9.17) is 0 Å². The molecule has 0 aromatic carbocycles. The molecular formula is C14H20K4N2O8. The zero-order valence-corrected chi connectivity index (χ0v) is 29.7. The van der Waals surface area contributed by atoms with Crippen LogP contribution in [0.15, 0.2) is 0 Å². The van der Waals surface area contributed by atoms with E-state index in [1.54, 1.807) is 0 Å². The van der Waals surface area contributed by atoms with Crippen molar-refractivity contribution in [2.75, 3.05) is 39.3 Å². The first-order valence-electron chi connectivity index (χ1n) is 7.44. The molecule has 0 radical (unpaired) electrons. The van der Waals surface area contributed by atoms with Crippen LogP contribution in [0.4, 0.5) is 0 Å². The van der Waals surface area contributed by atoms with Crippen molar-refractivity contribution >= 4 is 23.9 Å². The predicted octanol–water partition coefficient (Wildman–Crippen LogP) is -17.8. The Morgan fingerprint density at radius 3 is 0.857 bits per heavy atom. The van der Waals surface area contributed by atoms with Crippen LogP contribution in [-0.4, -0.2) is 72.9 Å². The summed E-state index contributed by atoms with van der Waals surface area (Å²) >= 11 is 0. The van der Waals surface area contributed by atoms with Gasteiger partial charge in [0.15, 0.2) is 0 Å². The zero-order chi connectivity index (χ0) is 18.5. The molecule has 0 rings (SSSR count). The SMILES string of the molecule is O=C([O-])CN(CCCCCCN(CC(=O)[O-])CC(=O)[O-])CC(=O)[O-].[K+].[K+].[K+].[K+]. The van der Waals surface area contributed by atoms with Crippen LogP contribution in [0, 0.1) is 0 Å². The average molecular weight is 501 g/mol. The summed E-state index contributed by atoms with van der Waals surface area (Å²) in [7, 11) is 0. The Morgan fingerprint density at radius 1 is 0.464 bits per heavy atom. The van der Waals surface area contributed by atoms with E-state index in [1.165, 1.54) is 9.80 Å². The van der Waals surface area contributed by atoms with Gasteiger partial charge in [-0.05, 0) is 25.9 Å². The Kier molecular flexibility index (Phi) is 41.9. The molecule has 0 aliphatic carbocycles. The number of hydrogen-bond donors (Lipinski definition) is 0. The molecule has 0 unspecified atom stereocenters. The van der Waals surface area contributed by atoms with E-state index >= 15 is 0 Å². The molecule has 0 atom stereocenters. The summed E-state index contributed by atoms with van der Waals surface area (Å²) in [6, 6.07) is 0. The smallest absolute Gasteiger partial charge is 0.549 e. The molecule has 28 heavy (non-hydrogen) atoms. The van der Waals surface area contributed by atoms with Gasteiger partial charge in [0.05, 0.1) is 23.9 Å². The maximum absolute atomic E-state index is 10.5. The maximum atomic E-state index is 10.5. The number of carbonyl (C=O) groups excluding carboxylic acids is 4. The number of rotatable bonds is 15. The molecule has 0 fully saturated rings. The summed E-state index contributed by atoms with van der Waals surface area (Å²) in [4.78, 5) is 44.4. The number of carboxylic acids is 4. The minimum Gasteiger partial charge on any atom is -0.549 e. The van der Waals surface area contributed by atoms with E-state index in [9.17, 15) is 39.6 Å². The molecule has 14 heteroatoms. The van der Waals surface area contributed by atoms with Gasteiger partial charge in [0.25, 0.3) is 0 Å². The van der Waals surface area contributed by atoms with Crippen molar-refractivity contribution in [3.05, 3.63) is 0 Å². The molecule has 0 aromatic rings. The van der Waals surface area contributed by atoms with Crippen LogP contribution in [0.2, 0.25) is 0 Å². The second-order valence-corrected chi connectivity index (χ2v) is 5.32. The molecule has 0 amide bonds. The molecule has 10 nitrogen and oxygen atoms in total. The molecule has 0 bridgehead atoms. The average Bonchev–Trinajstić information content (AvgIpc) is 2.39. The van der Waals surface area contributed by atoms with E-state index in [2.05, 4.69) is 0 Å². The Bertz CT molecular complexity index is 385. The number of carboxylic acid groups (broad SMARTS) is 4. The van der Waals surface area contributed by atoms with E-state index in [-0.39, 0.29) is 219 Å². The van der Waals surface area contributed by atoms with Gasteiger partial charge in [-0.3, -0.25) is 9.80 Å². The fraction of sp³-hybridized carbons (Fsp3) is 0.714. The Morgan fingerprint density at radius 2 is 0.679 bits per heavy atom. The number of nitrogens with zero attached hydrogens (tertiary/aromatic N) is 2. The summed E-state index contributed by atoms with van der Waals surface area (Å²) in [5.74, 6) is -5.51. The molecule has 0 spiro atoms. The first-order valence-corrected chi connectivity index (χ1v) is 7.44. The van der Waals surface area contributed by atoms with Crippen molar-refractivity contribution in [3.8, 4) is 0 Å². The summed E-state index contributed by atoms with van der Waals surface area (Å²) in [6.07, 6.45) is 2.34. The summed E-state index contributed by atoms with van der Waals surface area (Å²) in [6.45, 7) is -1.52. The van der Waals surface area contributed by atoms with E-state index in [0.29, 0.717) is 25.7 Å². The van der Waals surface area contributed by atoms with Crippen LogP contribution >= 0.6 is 0 Å². The molecular weight excluding hydrogens is 481 g/mol. The first-order chi connectivity index (χ1) is 11.2. The quantitative estimate of drug-likeness (QED) is 0.155. The largest absolute Gasteiger partial charge is 1.00 e. The van der Waals surface area contributed by atoms with Gasteiger partial charge in [0.2, 0.25) is 0 Å². The van der Waals surface area contributed by atoms with Gasteiger partial charge in [-0.25, -0.2) is 0 Å². The third-order valence-electron chi connectivity index (χ3n) is 3.11. The van der Waals surface area contributed by atoms with E-state index < -0.39 is 50.1 Å². The van der Waals surface area contributed by atoms with Crippen molar-refractivity contribution in [2.24, 2.45) is 0 Å². The minimum absolute atomic E-state index is 0. The van der Waals surface area contributed by atoms with E-state index in [0.717, 1.165) is 0 Å². The predicted molar refractivity (Wildman–Crippen MR) is 71.4 cm³/mol. The monoisotopic (exact) mass is 500 g/mol. The van der Waals surface area contributed by atoms with Gasteiger partial charge in [0, 0.05) is 26.2 Å². The number of hydrogen-bond acceptors (Lipinski definition) is 10. The molecule has 0 N–H and O–H groups in total. The summed E-state index contributed by atoms with van der Waals surface area (Å²) in [5.41, 5.74) is 0. The fourth-order valence-electron chi connectivity index (χ4n) is 2.18. The third-order valence-corrected chi connectivity index (χ3v) is 3.11. The van der Waals surface area contributed by atoms with Gasteiger partial charge >= 0.3 is 206 Å². The Balaban J connectivity index is -0.000000441. The molecule has 0 saturated heterocycles. The van der Waals surface area contributed by atoms with Crippen LogP contribution < -0.4 is 226 Å². The van der Waals surface area contributed by atoms with Crippen molar-refractivity contribution < 1.29 is 245 Å². The van der Waals surface area contributed by atoms with Crippen LogP contribution in [0.3, 0.4) is 0 Å². The first kappa shape index (κ1) is 42.5. The number of unbranched alkanes of at least 4 members (excludes halogenated alkanes) is 3. The normalized spacial score (nSPS) is 9.36. The van der Waals surface area contributed by atoms with Crippen molar-refractivity contribution in [3.63, 3.8) is 0 Å². The fourth-order valence-corrected chi connectivity index (χ4v) is 2.18. The third kappa shape index (κ3) is 30.3. The van der Waals surface area contributed by atoms with Gasteiger partial charge in [-0.1, -0.05) is 12.8 Å². The second kappa shape index (κ2) is 27.6.